The Morgan fingerprint density at radius 2 is 1.94 bits per heavy atom. The molecule has 1 rings (SSSR count). The fraction of sp³-hybridized carbons (Fsp3) is 0.375. The third kappa shape index (κ3) is 3.41. The minimum absolute atomic E-state index is 0.475. The van der Waals surface area contributed by atoms with Crippen LogP contribution in [0.3, 0.4) is 0 Å². The van der Waals surface area contributed by atoms with Gasteiger partial charge in [-0.3, -0.25) is 0 Å². The molecule has 0 unspecified atom stereocenters. The van der Waals surface area contributed by atoms with Crippen molar-refractivity contribution in [2.75, 3.05) is 0 Å². The van der Waals surface area contributed by atoms with Gasteiger partial charge in [-0.15, -0.1) is 13.2 Å². The monoisotopic (exact) mass is 259 g/mol. The maximum Gasteiger partial charge on any atom is 0.574 e. The highest BCUT2D eigenvalue weighted by atomic mass is 19.4. The summed E-state index contributed by atoms with van der Waals surface area (Å²) < 4.78 is 63.6. The highest BCUT2D eigenvalue weighted by molar-refractivity contribution is 5.42. The Hall–Kier alpha value is -1.64. The molecule has 17 heavy (non-hydrogen) atoms. The zero-order valence-corrected chi connectivity index (χ0v) is 8.00. The fourth-order valence-electron chi connectivity index (χ4n) is 1.02. The second kappa shape index (κ2) is 4.70. The van der Waals surface area contributed by atoms with E-state index in [1.807, 2.05) is 0 Å². The zero-order valence-electron chi connectivity index (χ0n) is 8.00. The zero-order chi connectivity index (χ0) is 13.2. The van der Waals surface area contributed by atoms with Gasteiger partial charge < -0.3 is 14.9 Å². The SMILES string of the molecule is OCc1cc(C(F)F)c(O)c(OC(F)(F)F)n1. The van der Waals surface area contributed by atoms with Gasteiger partial charge in [0.25, 0.3) is 12.3 Å². The summed E-state index contributed by atoms with van der Waals surface area (Å²) in [4.78, 5) is 3.04. The molecule has 0 saturated heterocycles. The van der Waals surface area contributed by atoms with Gasteiger partial charge in [0.2, 0.25) is 0 Å². The van der Waals surface area contributed by atoms with E-state index >= 15 is 0 Å². The summed E-state index contributed by atoms with van der Waals surface area (Å²) in [6, 6.07) is 0.587. The standard InChI is InChI=1S/C8H6F5NO3/c9-6(10)4-1-3(2-15)14-7(5(4)16)17-8(11,12)13/h1,6,15-16H,2H2. The first kappa shape index (κ1) is 13.4. The lowest BCUT2D eigenvalue weighted by Gasteiger charge is -2.12. The third-order valence-electron chi connectivity index (χ3n) is 1.65. The van der Waals surface area contributed by atoms with Gasteiger partial charge in [-0.2, -0.15) is 0 Å². The molecule has 0 aliphatic carbocycles. The van der Waals surface area contributed by atoms with E-state index in [0.717, 1.165) is 0 Å². The van der Waals surface area contributed by atoms with Gasteiger partial charge in [0.1, 0.15) is 0 Å². The first-order valence-corrected chi connectivity index (χ1v) is 4.12. The molecule has 4 nitrogen and oxygen atoms in total. The summed E-state index contributed by atoms with van der Waals surface area (Å²) in [6.45, 7) is -0.867. The number of nitrogens with zero attached hydrogens (tertiary/aromatic N) is 1. The van der Waals surface area contributed by atoms with E-state index < -0.39 is 42.3 Å². The van der Waals surface area contributed by atoms with Crippen LogP contribution < -0.4 is 4.74 Å². The van der Waals surface area contributed by atoms with Crippen molar-refractivity contribution < 1.29 is 36.9 Å². The van der Waals surface area contributed by atoms with E-state index in [1.54, 1.807) is 0 Å². The Morgan fingerprint density at radius 1 is 1.35 bits per heavy atom. The average molecular weight is 259 g/mol. The van der Waals surface area contributed by atoms with Crippen LogP contribution in [0, 0.1) is 0 Å². The van der Waals surface area contributed by atoms with Crippen LogP contribution in [0.4, 0.5) is 22.0 Å². The Balaban J connectivity index is 3.24. The second-order valence-electron chi connectivity index (χ2n) is 2.86. The van der Waals surface area contributed by atoms with Crippen molar-refractivity contribution in [3.05, 3.63) is 17.3 Å². The summed E-state index contributed by atoms with van der Waals surface area (Å²) in [6.07, 6.45) is -8.41. The van der Waals surface area contributed by atoms with Gasteiger partial charge in [-0.25, -0.2) is 13.8 Å². The Bertz CT molecular complexity index is 407. The normalized spacial score (nSPS) is 11.9. The van der Waals surface area contributed by atoms with Gasteiger partial charge in [0.05, 0.1) is 17.9 Å². The summed E-state index contributed by atoms with van der Waals surface area (Å²) in [5.41, 5.74) is -1.57. The molecule has 1 heterocycles. The maximum absolute atomic E-state index is 12.4. The van der Waals surface area contributed by atoms with Crippen LogP contribution in [0.15, 0.2) is 6.07 Å². The topological polar surface area (TPSA) is 62.6 Å². The number of rotatable bonds is 3. The molecular formula is C8H6F5NO3. The summed E-state index contributed by atoms with van der Waals surface area (Å²) in [7, 11) is 0. The first-order chi connectivity index (χ1) is 7.74. The number of halogens is 5. The molecule has 0 aliphatic rings. The molecule has 0 radical (unpaired) electrons. The molecule has 0 saturated carbocycles. The number of hydrogen-bond donors (Lipinski definition) is 2. The number of aromatic nitrogens is 1. The molecule has 0 fully saturated rings. The third-order valence-corrected chi connectivity index (χ3v) is 1.65. The molecule has 0 bridgehead atoms. The van der Waals surface area contributed by atoms with Crippen molar-refractivity contribution in [2.24, 2.45) is 0 Å². The van der Waals surface area contributed by atoms with Crippen LogP contribution in [0.2, 0.25) is 0 Å². The average Bonchev–Trinajstić information content (AvgIpc) is 2.18. The minimum Gasteiger partial charge on any atom is -0.503 e. The predicted molar refractivity (Wildman–Crippen MR) is 43.5 cm³/mol. The Kier molecular flexibility index (Phi) is 3.71. The van der Waals surface area contributed by atoms with Gasteiger partial charge >= 0.3 is 6.36 Å². The molecule has 0 aliphatic heterocycles. The van der Waals surface area contributed by atoms with Crippen LogP contribution in [0.5, 0.6) is 11.6 Å². The smallest absolute Gasteiger partial charge is 0.503 e. The number of ether oxygens (including phenoxy) is 1. The molecule has 1 aromatic heterocycles. The number of aliphatic hydroxyl groups excluding tert-OH is 1. The van der Waals surface area contributed by atoms with E-state index in [1.165, 1.54) is 0 Å². The highest BCUT2D eigenvalue weighted by Gasteiger charge is 2.34. The Labute approximate surface area is 91.3 Å². The van der Waals surface area contributed by atoms with Crippen molar-refractivity contribution >= 4 is 0 Å². The van der Waals surface area contributed by atoms with Crippen LogP contribution in [-0.2, 0) is 6.61 Å². The van der Waals surface area contributed by atoms with Crippen LogP contribution in [0.25, 0.3) is 0 Å². The van der Waals surface area contributed by atoms with Crippen LogP contribution in [-0.4, -0.2) is 21.6 Å². The lowest BCUT2D eigenvalue weighted by Crippen LogP contribution is -2.18. The molecule has 1 aromatic rings. The van der Waals surface area contributed by atoms with Crippen molar-refractivity contribution in [1.82, 2.24) is 4.98 Å². The molecule has 96 valence electrons. The molecule has 9 heteroatoms. The van der Waals surface area contributed by atoms with Crippen LogP contribution >= 0.6 is 0 Å². The largest absolute Gasteiger partial charge is 0.574 e. The predicted octanol–water partition coefficient (Wildman–Crippen LogP) is 2.12. The lowest BCUT2D eigenvalue weighted by atomic mass is 10.2. The quantitative estimate of drug-likeness (QED) is 0.816. The van der Waals surface area contributed by atoms with E-state index in [2.05, 4.69) is 9.72 Å². The minimum atomic E-state index is -5.18. The molecule has 0 spiro atoms. The summed E-state index contributed by atoms with van der Waals surface area (Å²) in [5.74, 6) is -2.83. The van der Waals surface area contributed by atoms with E-state index in [0.29, 0.717) is 6.07 Å². The van der Waals surface area contributed by atoms with E-state index in [4.69, 9.17) is 10.2 Å². The number of aromatic hydroxyl groups is 1. The van der Waals surface area contributed by atoms with E-state index in [-0.39, 0.29) is 0 Å². The molecule has 2 N–H and O–H groups in total. The maximum atomic E-state index is 12.4. The van der Waals surface area contributed by atoms with Gasteiger partial charge in [0.15, 0.2) is 5.75 Å². The van der Waals surface area contributed by atoms with Crippen molar-refractivity contribution in [1.29, 1.82) is 0 Å². The van der Waals surface area contributed by atoms with Gasteiger partial charge in [-0.05, 0) is 6.07 Å². The number of pyridine rings is 1. The molecular weight excluding hydrogens is 253 g/mol. The van der Waals surface area contributed by atoms with Crippen LogP contribution in [0.1, 0.15) is 17.7 Å². The number of aliphatic hydroxyl groups is 1. The van der Waals surface area contributed by atoms with Gasteiger partial charge in [-0.1, -0.05) is 0 Å². The van der Waals surface area contributed by atoms with Crippen molar-refractivity contribution in [3.63, 3.8) is 0 Å². The lowest BCUT2D eigenvalue weighted by molar-refractivity contribution is -0.276. The van der Waals surface area contributed by atoms with E-state index in [9.17, 15) is 22.0 Å². The van der Waals surface area contributed by atoms with Crippen molar-refractivity contribution in [3.8, 4) is 11.6 Å². The summed E-state index contributed by atoms with van der Waals surface area (Å²) in [5, 5.41) is 17.7. The number of hydrogen-bond acceptors (Lipinski definition) is 4. The molecule has 0 amide bonds. The van der Waals surface area contributed by atoms with Crippen molar-refractivity contribution in [2.45, 2.75) is 19.4 Å². The first-order valence-electron chi connectivity index (χ1n) is 4.12. The molecule has 0 aromatic carbocycles. The van der Waals surface area contributed by atoms with Gasteiger partial charge in [0, 0.05) is 0 Å². The summed E-state index contributed by atoms with van der Waals surface area (Å²) >= 11 is 0. The Morgan fingerprint density at radius 3 is 2.35 bits per heavy atom. The number of alkyl halides is 5. The molecule has 0 atom stereocenters. The fourth-order valence-corrected chi connectivity index (χ4v) is 1.02. The second-order valence-corrected chi connectivity index (χ2v) is 2.86. The highest BCUT2D eigenvalue weighted by Crippen LogP contribution is 2.37.